The fourth-order valence-corrected chi connectivity index (χ4v) is 2.83. The molecule has 2 aromatic carbocycles. The molecule has 0 aliphatic carbocycles. The molecule has 0 fully saturated rings. The van der Waals surface area contributed by atoms with Gasteiger partial charge in [-0.25, -0.2) is 5.43 Å². The van der Waals surface area contributed by atoms with Crippen LogP contribution in [0.15, 0.2) is 53.6 Å². The summed E-state index contributed by atoms with van der Waals surface area (Å²) in [7, 11) is 0. The second-order valence-electron chi connectivity index (χ2n) is 6.97. The molecule has 0 radical (unpaired) electrons. The zero-order chi connectivity index (χ0) is 19.3. The highest BCUT2D eigenvalue weighted by Gasteiger charge is 2.21. The fraction of sp³-hybridized carbons (Fsp3) is 0.300. The Balaban J connectivity index is 2.08. The summed E-state index contributed by atoms with van der Waals surface area (Å²) in [6.45, 7) is 7.72. The molecule has 0 heterocycles. The molecule has 26 heavy (non-hydrogen) atoms. The first-order valence-electron chi connectivity index (χ1n) is 8.35. The molecule has 6 nitrogen and oxygen atoms in total. The van der Waals surface area contributed by atoms with Gasteiger partial charge in [0.2, 0.25) is 0 Å². The number of hydrogen-bond donors (Lipinski definition) is 1. The Bertz CT molecular complexity index is 843. The van der Waals surface area contributed by atoms with Crippen molar-refractivity contribution in [3.8, 4) is 0 Å². The predicted molar refractivity (Wildman–Crippen MR) is 102 cm³/mol. The Morgan fingerprint density at radius 3 is 2.46 bits per heavy atom. The van der Waals surface area contributed by atoms with Gasteiger partial charge in [0.1, 0.15) is 0 Å². The number of carbonyl (C=O) groups is 1. The topological polar surface area (TPSA) is 84.6 Å². The first-order valence-corrected chi connectivity index (χ1v) is 8.35. The van der Waals surface area contributed by atoms with Crippen LogP contribution >= 0.6 is 0 Å². The van der Waals surface area contributed by atoms with E-state index in [-0.39, 0.29) is 16.7 Å². The molecule has 0 aromatic heterocycles. The summed E-state index contributed by atoms with van der Waals surface area (Å²) in [5.41, 5.74) is 4.96. The van der Waals surface area contributed by atoms with Gasteiger partial charge in [0.05, 0.1) is 4.92 Å². The van der Waals surface area contributed by atoms with E-state index in [0.717, 1.165) is 5.71 Å². The van der Waals surface area contributed by atoms with Crippen LogP contribution in [0.2, 0.25) is 0 Å². The number of rotatable bonds is 6. The van der Waals surface area contributed by atoms with Crippen LogP contribution in [0.4, 0.5) is 5.69 Å². The molecule has 2 rings (SSSR count). The monoisotopic (exact) mass is 353 g/mol. The Hall–Kier alpha value is -3.02. The lowest BCUT2D eigenvalue weighted by molar-refractivity contribution is -0.385. The Morgan fingerprint density at radius 2 is 1.85 bits per heavy atom. The zero-order valence-corrected chi connectivity index (χ0v) is 15.4. The van der Waals surface area contributed by atoms with Crippen molar-refractivity contribution in [1.82, 2.24) is 5.43 Å². The minimum Gasteiger partial charge on any atom is -0.267 e. The third-order valence-electron chi connectivity index (χ3n) is 4.27. The molecule has 0 bridgehead atoms. The average molecular weight is 353 g/mol. The molecular formula is C20H23N3O3. The number of benzene rings is 2. The number of hydrazone groups is 1. The summed E-state index contributed by atoms with van der Waals surface area (Å²) in [4.78, 5) is 22.7. The van der Waals surface area contributed by atoms with Crippen LogP contribution in [0.3, 0.4) is 0 Å². The predicted octanol–water partition coefficient (Wildman–Crippen LogP) is 4.38. The maximum absolute atomic E-state index is 12.2. The van der Waals surface area contributed by atoms with E-state index < -0.39 is 10.8 Å². The third kappa shape index (κ3) is 4.75. The second kappa shape index (κ2) is 7.91. The molecular weight excluding hydrogens is 330 g/mol. The van der Waals surface area contributed by atoms with Gasteiger partial charge >= 0.3 is 0 Å². The van der Waals surface area contributed by atoms with E-state index in [2.05, 4.69) is 36.5 Å². The molecule has 1 N–H and O–H groups in total. The van der Waals surface area contributed by atoms with Crippen molar-refractivity contribution in [2.75, 3.05) is 0 Å². The van der Waals surface area contributed by atoms with E-state index in [1.807, 2.05) is 25.1 Å². The van der Waals surface area contributed by atoms with E-state index in [1.54, 1.807) is 19.1 Å². The lowest BCUT2D eigenvalue weighted by Gasteiger charge is -2.25. The Kier molecular flexibility index (Phi) is 5.87. The van der Waals surface area contributed by atoms with E-state index in [1.165, 1.54) is 11.6 Å². The maximum atomic E-state index is 12.2. The average Bonchev–Trinajstić information content (AvgIpc) is 2.60. The molecule has 0 saturated heterocycles. The number of nitro benzene ring substituents is 1. The minimum absolute atomic E-state index is 0.0800. The van der Waals surface area contributed by atoms with Gasteiger partial charge in [-0.15, -0.1) is 0 Å². The molecule has 0 unspecified atom stereocenters. The van der Waals surface area contributed by atoms with Gasteiger partial charge in [0, 0.05) is 22.9 Å². The van der Waals surface area contributed by atoms with Gasteiger partial charge in [-0.2, -0.15) is 5.10 Å². The van der Waals surface area contributed by atoms with Crippen LogP contribution in [-0.2, 0) is 5.41 Å². The van der Waals surface area contributed by atoms with E-state index in [4.69, 9.17) is 0 Å². The smallest absolute Gasteiger partial charge is 0.267 e. The highest BCUT2D eigenvalue weighted by molar-refractivity contribution is 5.96. The first-order chi connectivity index (χ1) is 12.2. The van der Waals surface area contributed by atoms with E-state index in [0.29, 0.717) is 12.0 Å². The number of nitrogens with zero attached hydrogens (tertiary/aromatic N) is 2. The second-order valence-corrected chi connectivity index (χ2v) is 6.97. The molecule has 0 aliphatic heterocycles. The van der Waals surface area contributed by atoms with Crippen LogP contribution in [0.5, 0.6) is 0 Å². The van der Waals surface area contributed by atoms with Gasteiger partial charge in [-0.05, 0) is 37.3 Å². The molecule has 0 atom stereocenters. The number of carbonyl (C=O) groups excluding carboxylic acids is 1. The first kappa shape index (κ1) is 19.3. The lowest BCUT2D eigenvalue weighted by atomic mass is 9.80. The summed E-state index contributed by atoms with van der Waals surface area (Å²) in [6, 6.07) is 14.5. The number of nitro groups is 1. The zero-order valence-electron chi connectivity index (χ0n) is 15.4. The standard InChI is InChI=1S/C20H23N3O3/c1-14-10-11-16(12-18(14)23(25)26)19(24)22-21-15(2)13-20(3,4)17-8-6-5-7-9-17/h5-12H,13H2,1-4H3,(H,22,24)/b21-15-. The number of amides is 1. The normalized spacial score (nSPS) is 11.9. The Morgan fingerprint density at radius 1 is 1.19 bits per heavy atom. The van der Waals surface area contributed by atoms with Crippen LogP contribution in [0, 0.1) is 17.0 Å². The fourth-order valence-electron chi connectivity index (χ4n) is 2.83. The van der Waals surface area contributed by atoms with Gasteiger partial charge in [0.25, 0.3) is 11.6 Å². The summed E-state index contributed by atoms with van der Waals surface area (Å²) < 4.78 is 0. The lowest BCUT2D eigenvalue weighted by Crippen LogP contribution is -2.24. The molecule has 0 spiro atoms. The van der Waals surface area contributed by atoms with Crippen molar-refractivity contribution in [2.45, 2.75) is 39.5 Å². The van der Waals surface area contributed by atoms with E-state index >= 15 is 0 Å². The molecule has 1 amide bonds. The van der Waals surface area contributed by atoms with Crippen molar-refractivity contribution in [2.24, 2.45) is 5.10 Å². The largest absolute Gasteiger partial charge is 0.273 e. The van der Waals surface area contributed by atoms with Crippen LogP contribution in [0.25, 0.3) is 0 Å². The van der Waals surface area contributed by atoms with Crippen molar-refractivity contribution >= 4 is 17.3 Å². The van der Waals surface area contributed by atoms with Crippen LogP contribution in [-0.4, -0.2) is 16.5 Å². The number of aryl methyl sites for hydroxylation is 1. The highest BCUT2D eigenvalue weighted by Crippen LogP contribution is 2.27. The quantitative estimate of drug-likeness (QED) is 0.475. The van der Waals surface area contributed by atoms with Crippen LogP contribution < -0.4 is 5.43 Å². The van der Waals surface area contributed by atoms with Crippen molar-refractivity contribution < 1.29 is 9.72 Å². The SMILES string of the molecule is C/C(CC(C)(C)c1ccccc1)=N/NC(=O)c1ccc(C)c([N+](=O)[O-])c1. The third-order valence-corrected chi connectivity index (χ3v) is 4.27. The van der Waals surface area contributed by atoms with Gasteiger partial charge in [0.15, 0.2) is 0 Å². The summed E-state index contributed by atoms with van der Waals surface area (Å²) in [5.74, 6) is -0.468. The highest BCUT2D eigenvalue weighted by atomic mass is 16.6. The molecule has 0 saturated carbocycles. The van der Waals surface area contributed by atoms with Gasteiger partial charge in [-0.1, -0.05) is 50.2 Å². The van der Waals surface area contributed by atoms with Crippen LogP contribution in [0.1, 0.15) is 48.7 Å². The molecule has 6 heteroatoms. The van der Waals surface area contributed by atoms with Gasteiger partial charge < -0.3 is 0 Å². The van der Waals surface area contributed by atoms with Crippen molar-refractivity contribution in [1.29, 1.82) is 0 Å². The van der Waals surface area contributed by atoms with Gasteiger partial charge in [-0.3, -0.25) is 14.9 Å². The summed E-state index contributed by atoms with van der Waals surface area (Å²) in [5, 5.41) is 15.2. The maximum Gasteiger partial charge on any atom is 0.273 e. The summed E-state index contributed by atoms with van der Waals surface area (Å²) >= 11 is 0. The minimum atomic E-state index is -0.497. The van der Waals surface area contributed by atoms with E-state index in [9.17, 15) is 14.9 Å². The molecule has 0 aliphatic rings. The molecule has 2 aromatic rings. The van der Waals surface area contributed by atoms with Crippen molar-refractivity contribution in [3.63, 3.8) is 0 Å². The summed E-state index contributed by atoms with van der Waals surface area (Å²) in [6.07, 6.45) is 0.672. The Labute approximate surface area is 153 Å². The van der Waals surface area contributed by atoms with Crippen molar-refractivity contribution in [3.05, 3.63) is 75.3 Å². The number of nitrogens with one attached hydrogen (secondary N) is 1. The molecule has 136 valence electrons. The number of hydrogen-bond acceptors (Lipinski definition) is 4.